The number of hydrogen-bond acceptors (Lipinski definition) is 3. The van der Waals surface area contributed by atoms with E-state index in [4.69, 9.17) is 0 Å². The molecule has 1 N–H and O–H groups in total. The van der Waals surface area contributed by atoms with Gasteiger partial charge in [0, 0.05) is 17.1 Å². The van der Waals surface area contributed by atoms with Gasteiger partial charge < -0.3 is 0 Å². The summed E-state index contributed by atoms with van der Waals surface area (Å²) in [6.07, 6.45) is 4.82. The molecule has 1 aromatic rings. The van der Waals surface area contributed by atoms with Crippen LogP contribution in [0.25, 0.3) is 0 Å². The van der Waals surface area contributed by atoms with Crippen molar-refractivity contribution in [3.05, 3.63) is 24.3 Å². The fourth-order valence-corrected chi connectivity index (χ4v) is 4.03. The molecule has 1 aromatic heterocycles. The van der Waals surface area contributed by atoms with Crippen LogP contribution in [0.5, 0.6) is 0 Å². The zero-order valence-electron chi connectivity index (χ0n) is 8.94. The van der Waals surface area contributed by atoms with Crippen molar-refractivity contribution in [1.29, 1.82) is 0 Å². The molecule has 94 valence electrons. The van der Waals surface area contributed by atoms with Gasteiger partial charge in [-0.25, -0.2) is 17.5 Å². The lowest BCUT2D eigenvalue weighted by atomic mass is 10.3. The maximum Gasteiger partial charge on any atom is 0.242 e. The van der Waals surface area contributed by atoms with Crippen molar-refractivity contribution < 1.29 is 12.8 Å². The molecule has 0 saturated heterocycles. The van der Waals surface area contributed by atoms with Gasteiger partial charge in [-0.2, -0.15) is 0 Å². The summed E-state index contributed by atoms with van der Waals surface area (Å²) in [4.78, 5) is 3.54. The average Bonchev–Trinajstić information content (AvgIpc) is 2.64. The zero-order chi connectivity index (χ0) is 12.5. The topological polar surface area (TPSA) is 59.1 Å². The van der Waals surface area contributed by atoms with Gasteiger partial charge in [0.2, 0.25) is 10.0 Å². The molecule has 0 aliphatic heterocycles. The molecule has 0 amide bonds. The molecule has 0 aromatic carbocycles. The van der Waals surface area contributed by atoms with E-state index in [1.54, 1.807) is 0 Å². The van der Waals surface area contributed by atoms with Crippen molar-refractivity contribution in [2.75, 3.05) is 0 Å². The summed E-state index contributed by atoms with van der Waals surface area (Å²) in [5.41, 5.74) is 0. The summed E-state index contributed by atoms with van der Waals surface area (Å²) in [7, 11) is -3.68. The van der Waals surface area contributed by atoms with Crippen LogP contribution in [0.3, 0.4) is 0 Å². The Morgan fingerprint density at radius 3 is 2.76 bits per heavy atom. The number of nitrogens with one attached hydrogen (secondary N) is 1. The molecule has 2 rings (SSSR count). The van der Waals surface area contributed by atoms with E-state index in [1.165, 1.54) is 0 Å². The van der Waals surface area contributed by atoms with Gasteiger partial charge in [-0.3, -0.25) is 4.98 Å². The van der Waals surface area contributed by atoms with Gasteiger partial charge in [-0.1, -0.05) is 22.4 Å². The Morgan fingerprint density at radius 2 is 2.18 bits per heavy atom. The predicted octanol–water partition coefficient (Wildman–Crippen LogP) is 1.81. The number of rotatable bonds is 3. The first-order valence-corrected chi connectivity index (χ1v) is 7.66. The smallest absolute Gasteiger partial charge is 0.242 e. The summed E-state index contributed by atoms with van der Waals surface area (Å²) in [5.74, 6) is -0.658. The third kappa shape index (κ3) is 3.02. The van der Waals surface area contributed by atoms with Gasteiger partial charge in [-0.15, -0.1) is 0 Å². The molecule has 1 aliphatic carbocycles. The van der Waals surface area contributed by atoms with Crippen molar-refractivity contribution in [3.63, 3.8) is 0 Å². The van der Waals surface area contributed by atoms with E-state index in [1.807, 2.05) is 0 Å². The number of aromatic nitrogens is 1. The maximum atomic E-state index is 12.9. The standard InChI is InChI=1S/C10H12BrFN2O2S/c11-9-2-1-3-10(9)14-17(15,16)8-4-7(12)5-13-6-8/h4-6,9-10,14H,1-3H2. The van der Waals surface area contributed by atoms with E-state index in [9.17, 15) is 12.8 Å². The molecule has 1 aliphatic rings. The zero-order valence-corrected chi connectivity index (χ0v) is 11.3. The second-order valence-corrected chi connectivity index (χ2v) is 6.90. The minimum Gasteiger partial charge on any atom is -0.260 e. The minimum atomic E-state index is -3.68. The average molecular weight is 323 g/mol. The molecule has 0 radical (unpaired) electrons. The van der Waals surface area contributed by atoms with Gasteiger partial charge in [-0.05, 0) is 18.9 Å². The highest BCUT2D eigenvalue weighted by atomic mass is 79.9. The first kappa shape index (κ1) is 12.9. The summed E-state index contributed by atoms with van der Waals surface area (Å²) >= 11 is 3.43. The number of sulfonamides is 1. The van der Waals surface area contributed by atoms with Crippen molar-refractivity contribution in [1.82, 2.24) is 9.71 Å². The van der Waals surface area contributed by atoms with Crippen LogP contribution in [-0.4, -0.2) is 24.3 Å². The Morgan fingerprint density at radius 1 is 1.41 bits per heavy atom. The largest absolute Gasteiger partial charge is 0.260 e. The van der Waals surface area contributed by atoms with Crippen LogP contribution < -0.4 is 4.72 Å². The van der Waals surface area contributed by atoms with Gasteiger partial charge in [0.1, 0.15) is 10.7 Å². The highest BCUT2D eigenvalue weighted by molar-refractivity contribution is 9.09. The lowest BCUT2D eigenvalue weighted by Gasteiger charge is -2.16. The maximum absolute atomic E-state index is 12.9. The van der Waals surface area contributed by atoms with Crippen LogP contribution >= 0.6 is 15.9 Å². The molecule has 1 saturated carbocycles. The van der Waals surface area contributed by atoms with Crippen LogP contribution in [0.4, 0.5) is 4.39 Å². The highest BCUT2D eigenvalue weighted by Crippen LogP contribution is 2.26. The van der Waals surface area contributed by atoms with Crippen molar-refractivity contribution >= 4 is 26.0 Å². The Bertz CT molecular complexity index is 509. The SMILES string of the molecule is O=S(=O)(NC1CCCC1Br)c1cncc(F)c1. The van der Waals surface area contributed by atoms with Crippen LogP contribution in [0.15, 0.2) is 23.4 Å². The van der Waals surface area contributed by atoms with Gasteiger partial charge in [0.05, 0.1) is 6.20 Å². The Balaban J connectivity index is 2.19. The van der Waals surface area contributed by atoms with E-state index in [0.717, 1.165) is 37.7 Å². The summed E-state index contributed by atoms with van der Waals surface area (Å²) in [5, 5.41) is 0. The molecule has 7 heteroatoms. The fourth-order valence-electron chi connectivity index (χ4n) is 1.85. The molecule has 2 atom stereocenters. The lowest BCUT2D eigenvalue weighted by molar-refractivity contribution is 0.553. The van der Waals surface area contributed by atoms with E-state index in [-0.39, 0.29) is 15.8 Å². The van der Waals surface area contributed by atoms with E-state index in [0.29, 0.717) is 0 Å². The highest BCUT2D eigenvalue weighted by Gasteiger charge is 2.29. The molecule has 0 bridgehead atoms. The molecule has 4 nitrogen and oxygen atoms in total. The van der Waals surface area contributed by atoms with Gasteiger partial charge >= 0.3 is 0 Å². The number of hydrogen-bond donors (Lipinski definition) is 1. The second-order valence-electron chi connectivity index (χ2n) is 4.01. The number of pyridine rings is 1. The van der Waals surface area contributed by atoms with Crippen LogP contribution in [0, 0.1) is 5.82 Å². The number of alkyl halides is 1. The number of halogens is 2. The van der Waals surface area contributed by atoms with Crippen molar-refractivity contribution in [2.45, 2.75) is 35.0 Å². The second kappa shape index (κ2) is 4.99. The molecular weight excluding hydrogens is 311 g/mol. The molecule has 1 heterocycles. The first-order chi connectivity index (χ1) is 7.99. The molecule has 0 spiro atoms. The van der Waals surface area contributed by atoms with E-state index in [2.05, 4.69) is 25.6 Å². The molecule has 1 fully saturated rings. The Labute approximate surface area is 108 Å². The van der Waals surface area contributed by atoms with E-state index >= 15 is 0 Å². The molecule has 17 heavy (non-hydrogen) atoms. The van der Waals surface area contributed by atoms with Crippen LogP contribution in [0.2, 0.25) is 0 Å². The van der Waals surface area contributed by atoms with Gasteiger partial charge in [0.25, 0.3) is 0 Å². The van der Waals surface area contributed by atoms with Gasteiger partial charge in [0.15, 0.2) is 0 Å². The van der Waals surface area contributed by atoms with Crippen molar-refractivity contribution in [2.24, 2.45) is 0 Å². The third-order valence-electron chi connectivity index (χ3n) is 2.73. The summed E-state index contributed by atoms with van der Waals surface area (Å²) in [6.45, 7) is 0. The normalized spacial score (nSPS) is 25.1. The molecular formula is C10H12BrFN2O2S. The van der Waals surface area contributed by atoms with Crippen LogP contribution in [0.1, 0.15) is 19.3 Å². The quantitative estimate of drug-likeness (QED) is 0.863. The monoisotopic (exact) mass is 322 g/mol. The first-order valence-electron chi connectivity index (χ1n) is 5.26. The Kier molecular flexibility index (Phi) is 3.79. The predicted molar refractivity (Wildman–Crippen MR) is 64.9 cm³/mol. The van der Waals surface area contributed by atoms with E-state index < -0.39 is 15.8 Å². The minimum absolute atomic E-state index is 0.135. The summed E-state index contributed by atoms with van der Waals surface area (Å²) in [6, 6.07) is 0.830. The fraction of sp³-hybridized carbons (Fsp3) is 0.500. The van der Waals surface area contributed by atoms with Crippen LogP contribution in [-0.2, 0) is 10.0 Å². The lowest BCUT2D eigenvalue weighted by Crippen LogP contribution is -2.37. The number of nitrogens with zero attached hydrogens (tertiary/aromatic N) is 1. The third-order valence-corrected chi connectivity index (χ3v) is 5.28. The Hall–Kier alpha value is -0.530. The molecule has 2 unspecified atom stereocenters. The summed E-state index contributed by atoms with van der Waals surface area (Å²) < 4.78 is 39.4. The van der Waals surface area contributed by atoms with Crippen molar-refractivity contribution in [3.8, 4) is 0 Å².